The second-order valence-corrected chi connectivity index (χ2v) is 6.31. The zero-order chi connectivity index (χ0) is 16.8. The highest BCUT2D eigenvalue weighted by atomic mass is 16.5. The minimum absolute atomic E-state index is 0.191. The summed E-state index contributed by atoms with van der Waals surface area (Å²) >= 11 is 0. The Labute approximate surface area is 144 Å². The van der Waals surface area contributed by atoms with Crippen LogP contribution in [0.3, 0.4) is 0 Å². The maximum Gasteiger partial charge on any atom is 0.160 e. The van der Waals surface area contributed by atoms with E-state index in [1.54, 1.807) is 13.2 Å². The summed E-state index contributed by atoms with van der Waals surface area (Å²) in [6.45, 7) is 3.97. The molecule has 1 saturated heterocycles. The number of nitrogens with zero attached hydrogens (tertiary/aromatic N) is 1. The number of ether oxygens (including phenoxy) is 1. The third-order valence-corrected chi connectivity index (χ3v) is 4.68. The van der Waals surface area contributed by atoms with Crippen molar-refractivity contribution in [1.29, 1.82) is 0 Å². The molecular formula is C20H26N2O2. The molecule has 1 aliphatic rings. The second-order valence-electron chi connectivity index (χ2n) is 6.31. The molecule has 1 atom stereocenters. The lowest BCUT2D eigenvalue weighted by molar-refractivity contribution is 0.238. The van der Waals surface area contributed by atoms with Crippen LogP contribution < -0.4 is 10.1 Å². The predicted molar refractivity (Wildman–Crippen MR) is 96.4 cm³/mol. The quantitative estimate of drug-likeness (QED) is 0.819. The maximum atomic E-state index is 9.89. The molecule has 24 heavy (non-hydrogen) atoms. The Hall–Kier alpha value is -2.04. The summed E-state index contributed by atoms with van der Waals surface area (Å²) < 4.78 is 5.09. The van der Waals surface area contributed by atoms with Gasteiger partial charge in [-0.1, -0.05) is 36.4 Å². The third-order valence-electron chi connectivity index (χ3n) is 4.68. The number of hydrogen-bond donors (Lipinski definition) is 2. The van der Waals surface area contributed by atoms with Crippen molar-refractivity contribution < 1.29 is 9.84 Å². The molecule has 1 fully saturated rings. The smallest absolute Gasteiger partial charge is 0.160 e. The van der Waals surface area contributed by atoms with E-state index in [9.17, 15) is 5.11 Å². The lowest BCUT2D eigenvalue weighted by atomic mass is 10.1. The van der Waals surface area contributed by atoms with Gasteiger partial charge in [0.15, 0.2) is 11.5 Å². The van der Waals surface area contributed by atoms with Crippen molar-refractivity contribution in [2.45, 2.75) is 25.4 Å². The summed E-state index contributed by atoms with van der Waals surface area (Å²) in [4.78, 5) is 2.56. The van der Waals surface area contributed by atoms with E-state index in [1.807, 2.05) is 12.1 Å². The molecule has 3 rings (SSSR count). The molecule has 0 unspecified atom stereocenters. The van der Waals surface area contributed by atoms with Crippen molar-refractivity contribution in [3.63, 3.8) is 0 Å². The number of benzene rings is 2. The Morgan fingerprint density at radius 1 is 1.12 bits per heavy atom. The number of rotatable bonds is 7. The van der Waals surface area contributed by atoms with E-state index >= 15 is 0 Å². The highest BCUT2D eigenvalue weighted by molar-refractivity contribution is 5.41. The highest BCUT2D eigenvalue weighted by Gasteiger charge is 2.22. The van der Waals surface area contributed by atoms with Crippen LogP contribution in [0.2, 0.25) is 0 Å². The predicted octanol–water partition coefficient (Wildman–Crippen LogP) is 3.33. The van der Waals surface area contributed by atoms with Crippen LogP contribution in [-0.4, -0.2) is 36.8 Å². The number of aromatic hydroxyl groups is 1. The molecule has 0 aromatic heterocycles. The lowest BCUT2D eigenvalue weighted by Gasteiger charge is -2.28. The SMILES string of the molecule is COc1ccc(CNC[C@H](c2ccccc2)N2CCCC2)cc1O. The number of hydrogen-bond acceptors (Lipinski definition) is 4. The van der Waals surface area contributed by atoms with E-state index in [1.165, 1.54) is 31.5 Å². The van der Waals surface area contributed by atoms with Gasteiger partial charge in [0.05, 0.1) is 7.11 Å². The van der Waals surface area contributed by atoms with E-state index in [2.05, 4.69) is 40.5 Å². The molecule has 2 aromatic rings. The monoisotopic (exact) mass is 326 g/mol. The number of methoxy groups -OCH3 is 1. The van der Waals surface area contributed by atoms with Gasteiger partial charge in [0.2, 0.25) is 0 Å². The molecule has 2 aromatic carbocycles. The van der Waals surface area contributed by atoms with E-state index in [0.29, 0.717) is 11.8 Å². The van der Waals surface area contributed by atoms with Crippen molar-refractivity contribution in [2.75, 3.05) is 26.7 Å². The van der Waals surface area contributed by atoms with Crippen LogP contribution in [0.5, 0.6) is 11.5 Å². The molecule has 0 radical (unpaired) electrons. The minimum Gasteiger partial charge on any atom is -0.504 e. The normalized spacial score (nSPS) is 16.2. The van der Waals surface area contributed by atoms with Gasteiger partial charge in [-0.05, 0) is 49.2 Å². The Morgan fingerprint density at radius 3 is 2.54 bits per heavy atom. The molecule has 0 saturated carbocycles. The molecule has 128 valence electrons. The number of nitrogens with one attached hydrogen (secondary N) is 1. The molecule has 0 bridgehead atoms. The van der Waals surface area contributed by atoms with Crippen molar-refractivity contribution in [3.8, 4) is 11.5 Å². The topological polar surface area (TPSA) is 44.7 Å². The van der Waals surface area contributed by atoms with Crippen molar-refractivity contribution in [3.05, 3.63) is 59.7 Å². The summed E-state index contributed by atoms with van der Waals surface area (Å²) in [5, 5.41) is 13.4. The van der Waals surface area contributed by atoms with Crippen LogP contribution in [0.4, 0.5) is 0 Å². The van der Waals surface area contributed by atoms with Gasteiger partial charge in [-0.25, -0.2) is 0 Å². The first-order valence-corrected chi connectivity index (χ1v) is 8.63. The fourth-order valence-electron chi connectivity index (χ4n) is 3.38. The largest absolute Gasteiger partial charge is 0.504 e. The molecule has 1 aliphatic heterocycles. The molecule has 4 nitrogen and oxygen atoms in total. The number of phenols is 1. The molecular weight excluding hydrogens is 300 g/mol. The first-order valence-electron chi connectivity index (χ1n) is 8.63. The summed E-state index contributed by atoms with van der Waals surface area (Å²) in [6, 6.07) is 16.7. The maximum absolute atomic E-state index is 9.89. The first-order chi connectivity index (χ1) is 11.8. The van der Waals surface area contributed by atoms with E-state index in [4.69, 9.17) is 4.74 Å². The van der Waals surface area contributed by atoms with Gasteiger partial charge in [-0.2, -0.15) is 0 Å². The lowest BCUT2D eigenvalue weighted by Crippen LogP contribution is -2.34. The zero-order valence-corrected chi connectivity index (χ0v) is 14.2. The van der Waals surface area contributed by atoms with Gasteiger partial charge in [0.1, 0.15) is 0 Å². The van der Waals surface area contributed by atoms with Crippen LogP contribution in [0.1, 0.15) is 30.0 Å². The van der Waals surface area contributed by atoms with Crippen LogP contribution >= 0.6 is 0 Å². The van der Waals surface area contributed by atoms with E-state index < -0.39 is 0 Å². The van der Waals surface area contributed by atoms with Gasteiger partial charge in [0, 0.05) is 19.1 Å². The average molecular weight is 326 g/mol. The van der Waals surface area contributed by atoms with Crippen LogP contribution in [0.15, 0.2) is 48.5 Å². The summed E-state index contributed by atoms with van der Waals surface area (Å²) in [5.74, 6) is 0.703. The Morgan fingerprint density at radius 2 is 1.88 bits per heavy atom. The fraction of sp³-hybridized carbons (Fsp3) is 0.400. The summed E-state index contributed by atoms with van der Waals surface area (Å²) in [6.07, 6.45) is 2.57. The van der Waals surface area contributed by atoms with Crippen molar-refractivity contribution >= 4 is 0 Å². The minimum atomic E-state index is 0.191. The second kappa shape index (κ2) is 8.18. The van der Waals surface area contributed by atoms with E-state index in [0.717, 1.165) is 18.7 Å². The average Bonchev–Trinajstić information content (AvgIpc) is 3.14. The van der Waals surface area contributed by atoms with Crippen molar-refractivity contribution in [2.24, 2.45) is 0 Å². The molecule has 0 aliphatic carbocycles. The summed E-state index contributed by atoms with van der Waals surface area (Å²) in [7, 11) is 1.56. The number of phenolic OH excluding ortho intramolecular Hbond substituents is 1. The summed E-state index contributed by atoms with van der Waals surface area (Å²) in [5.41, 5.74) is 2.42. The molecule has 0 amide bonds. The first kappa shape index (κ1) is 16.8. The van der Waals surface area contributed by atoms with Gasteiger partial charge < -0.3 is 15.2 Å². The zero-order valence-electron chi connectivity index (χ0n) is 14.2. The Bertz CT molecular complexity index is 639. The third kappa shape index (κ3) is 4.08. The molecule has 4 heteroatoms. The standard InChI is InChI=1S/C20H26N2O2/c1-24-20-10-9-16(13-19(20)23)14-21-15-18(22-11-5-6-12-22)17-7-3-2-4-8-17/h2-4,7-10,13,18,21,23H,5-6,11-12,14-15H2,1H3/t18-/m1/s1. The Balaban J connectivity index is 1.62. The van der Waals surface area contributed by atoms with E-state index in [-0.39, 0.29) is 5.75 Å². The fourth-order valence-corrected chi connectivity index (χ4v) is 3.38. The van der Waals surface area contributed by atoms with Gasteiger partial charge >= 0.3 is 0 Å². The molecule has 1 heterocycles. The van der Waals surface area contributed by atoms with Gasteiger partial charge in [0.25, 0.3) is 0 Å². The molecule has 2 N–H and O–H groups in total. The van der Waals surface area contributed by atoms with Gasteiger partial charge in [-0.3, -0.25) is 4.90 Å². The van der Waals surface area contributed by atoms with Gasteiger partial charge in [-0.15, -0.1) is 0 Å². The van der Waals surface area contributed by atoms with Crippen LogP contribution in [0.25, 0.3) is 0 Å². The van der Waals surface area contributed by atoms with Crippen molar-refractivity contribution in [1.82, 2.24) is 10.2 Å². The number of likely N-dealkylation sites (tertiary alicyclic amines) is 1. The van der Waals surface area contributed by atoms with Crippen LogP contribution in [-0.2, 0) is 6.54 Å². The highest BCUT2D eigenvalue weighted by Crippen LogP contribution is 2.27. The molecule has 0 spiro atoms. The van der Waals surface area contributed by atoms with Crippen LogP contribution in [0, 0.1) is 0 Å². The Kier molecular flexibility index (Phi) is 5.72.